The predicted molar refractivity (Wildman–Crippen MR) is 186 cm³/mol. The van der Waals surface area contributed by atoms with Gasteiger partial charge >= 0.3 is 0 Å². The first kappa shape index (κ1) is 37.7. The van der Waals surface area contributed by atoms with Crippen LogP contribution in [0.5, 0.6) is 0 Å². The molecule has 0 saturated carbocycles. The van der Waals surface area contributed by atoms with Crippen LogP contribution in [0.1, 0.15) is 146 Å². The fraction of sp³-hybridized carbons (Fsp3) is 0.550. The molecule has 40 heavy (non-hydrogen) atoms. The van der Waals surface area contributed by atoms with Gasteiger partial charge in [-0.2, -0.15) is 0 Å². The Labute approximate surface area is 251 Å². The average Bonchev–Trinajstić information content (AvgIpc) is 2.86. The van der Waals surface area contributed by atoms with Gasteiger partial charge in [0.2, 0.25) is 0 Å². The third kappa shape index (κ3) is 25.9. The molecule has 0 bridgehead atoms. The van der Waals surface area contributed by atoms with E-state index >= 15 is 0 Å². The monoisotopic (exact) mass is 545 g/mol. The normalized spacial score (nSPS) is 14.2. The van der Waals surface area contributed by atoms with Gasteiger partial charge in [-0.25, -0.2) is 0 Å². The van der Waals surface area contributed by atoms with Gasteiger partial charge in [-0.05, 0) is 146 Å². The van der Waals surface area contributed by atoms with E-state index in [9.17, 15) is 0 Å². The molecule has 0 aliphatic heterocycles. The summed E-state index contributed by atoms with van der Waals surface area (Å²) in [4.78, 5) is 0. The highest BCUT2D eigenvalue weighted by molar-refractivity contribution is 5.19. The molecule has 0 aromatic rings. The Kier molecular flexibility index (Phi) is 23.0. The molecule has 0 aromatic heterocycles. The number of allylic oxidation sites excluding steroid dienone is 18. The van der Waals surface area contributed by atoms with Crippen molar-refractivity contribution in [3.05, 3.63) is 105 Å². The van der Waals surface area contributed by atoms with Crippen molar-refractivity contribution in [2.75, 3.05) is 0 Å². The topological polar surface area (TPSA) is 0 Å². The molecule has 0 rings (SSSR count). The van der Waals surface area contributed by atoms with Crippen molar-refractivity contribution >= 4 is 0 Å². The molecule has 0 N–H and O–H groups in total. The molecule has 0 spiro atoms. The summed E-state index contributed by atoms with van der Waals surface area (Å²) in [5.41, 5.74) is 11.8. The molecule has 0 saturated heterocycles. The zero-order chi connectivity index (χ0) is 30.2. The molecule has 0 nitrogen and oxygen atoms in total. The van der Waals surface area contributed by atoms with E-state index in [0.29, 0.717) is 0 Å². The van der Waals surface area contributed by atoms with E-state index in [2.05, 4.69) is 130 Å². The van der Waals surface area contributed by atoms with Crippen LogP contribution in [-0.4, -0.2) is 0 Å². The van der Waals surface area contributed by atoms with Gasteiger partial charge in [0.15, 0.2) is 0 Å². The molecule has 0 unspecified atom stereocenters. The van der Waals surface area contributed by atoms with E-state index in [-0.39, 0.29) is 0 Å². The van der Waals surface area contributed by atoms with Crippen LogP contribution in [0.15, 0.2) is 105 Å². The van der Waals surface area contributed by atoms with Crippen molar-refractivity contribution in [2.24, 2.45) is 0 Å². The van der Waals surface area contributed by atoms with Crippen molar-refractivity contribution in [3.8, 4) is 0 Å². The van der Waals surface area contributed by atoms with Crippen molar-refractivity contribution < 1.29 is 0 Å². The molecule has 0 radical (unpaired) electrons. The van der Waals surface area contributed by atoms with E-state index in [4.69, 9.17) is 0 Å². The summed E-state index contributed by atoms with van der Waals surface area (Å²) in [5, 5.41) is 0. The highest BCUT2D eigenvalue weighted by Crippen LogP contribution is 2.15. The third-order valence-corrected chi connectivity index (χ3v) is 7.18. The Morgan fingerprint density at radius 2 is 0.525 bits per heavy atom. The lowest BCUT2D eigenvalue weighted by molar-refractivity contribution is 0.900. The quantitative estimate of drug-likeness (QED) is 0.106. The average molecular weight is 545 g/mol. The van der Waals surface area contributed by atoms with Crippen LogP contribution in [0.4, 0.5) is 0 Å². The molecule has 0 heterocycles. The van der Waals surface area contributed by atoms with E-state index in [1.807, 2.05) is 0 Å². The van der Waals surface area contributed by atoms with Gasteiger partial charge in [0, 0.05) is 0 Å². The fourth-order valence-electron chi connectivity index (χ4n) is 4.38. The first-order valence-electron chi connectivity index (χ1n) is 15.9. The van der Waals surface area contributed by atoms with Crippen LogP contribution in [0, 0.1) is 0 Å². The Morgan fingerprint density at radius 3 is 0.775 bits per heavy atom. The lowest BCUT2D eigenvalue weighted by Crippen LogP contribution is -1.82. The zero-order valence-electron chi connectivity index (χ0n) is 28.3. The maximum atomic E-state index is 2.43. The minimum atomic E-state index is 1.14. The summed E-state index contributed by atoms with van der Waals surface area (Å²) < 4.78 is 0. The van der Waals surface area contributed by atoms with E-state index in [1.54, 1.807) is 0 Å². The molecule has 0 heteroatoms. The van der Waals surface area contributed by atoms with Crippen molar-refractivity contribution in [1.82, 2.24) is 0 Å². The van der Waals surface area contributed by atoms with E-state index in [1.165, 1.54) is 83.1 Å². The maximum absolute atomic E-state index is 2.43. The second-order valence-electron chi connectivity index (χ2n) is 12.4. The van der Waals surface area contributed by atoms with Crippen LogP contribution in [-0.2, 0) is 0 Å². The molecule has 0 fully saturated rings. The van der Waals surface area contributed by atoms with Gasteiger partial charge < -0.3 is 0 Å². The fourth-order valence-corrected chi connectivity index (χ4v) is 4.38. The van der Waals surface area contributed by atoms with Crippen molar-refractivity contribution in [1.29, 1.82) is 0 Å². The smallest absolute Gasteiger partial charge is 0.0285 e. The van der Waals surface area contributed by atoms with E-state index < -0.39 is 0 Å². The highest BCUT2D eigenvalue weighted by Gasteiger charge is 1.95. The van der Waals surface area contributed by atoms with Gasteiger partial charge in [-0.1, -0.05) is 105 Å². The molecule has 0 amide bonds. The van der Waals surface area contributed by atoms with Crippen molar-refractivity contribution in [2.45, 2.75) is 146 Å². The summed E-state index contributed by atoms with van der Waals surface area (Å²) in [6, 6.07) is 0. The Hall–Kier alpha value is -2.34. The predicted octanol–water partition coefficient (Wildman–Crippen LogP) is 13.8. The molecular weight excluding hydrogens is 480 g/mol. The first-order chi connectivity index (χ1) is 19.0. The van der Waals surface area contributed by atoms with Gasteiger partial charge in [0.1, 0.15) is 0 Å². The minimum absolute atomic E-state index is 1.14. The minimum Gasteiger partial charge on any atom is -0.0856 e. The molecule has 0 atom stereocenters. The van der Waals surface area contributed by atoms with Gasteiger partial charge in [0.25, 0.3) is 0 Å². The second kappa shape index (κ2) is 24.5. The largest absolute Gasteiger partial charge is 0.0856 e. The molecule has 0 aliphatic rings. The molecule has 224 valence electrons. The number of hydrogen-bond acceptors (Lipinski definition) is 0. The SMILES string of the molecule is CC(C)=CCC/C(C)=C/CC/C(C)=C/CCC(C)=CC=CC=C(C)CC/C=C(\C)CC/C=C(\C)CCC=C(C)C. The summed E-state index contributed by atoms with van der Waals surface area (Å²) in [6.07, 6.45) is 37.2. The van der Waals surface area contributed by atoms with Gasteiger partial charge in [-0.15, -0.1) is 0 Å². The van der Waals surface area contributed by atoms with Crippen LogP contribution < -0.4 is 0 Å². The number of hydrogen-bond donors (Lipinski definition) is 0. The van der Waals surface area contributed by atoms with Crippen molar-refractivity contribution in [3.63, 3.8) is 0 Å². The Morgan fingerprint density at radius 1 is 0.300 bits per heavy atom. The van der Waals surface area contributed by atoms with Crippen LogP contribution >= 0.6 is 0 Å². The second-order valence-corrected chi connectivity index (χ2v) is 12.4. The van der Waals surface area contributed by atoms with Gasteiger partial charge in [-0.3, -0.25) is 0 Å². The summed E-state index contributed by atoms with van der Waals surface area (Å²) in [7, 11) is 0. The van der Waals surface area contributed by atoms with Crippen LogP contribution in [0.2, 0.25) is 0 Å². The molecular formula is C40H64. The van der Waals surface area contributed by atoms with E-state index in [0.717, 1.165) is 38.5 Å². The van der Waals surface area contributed by atoms with Gasteiger partial charge in [0.05, 0.1) is 0 Å². The number of rotatable bonds is 20. The standard InChI is InChI=1S/C40H64/c1-33(2)19-13-23-37(7)27-17-31-39(9)29-15-25-35(5)21-11-12-22-36(6)26-16-30-40(10)32-18-28-38(8)24-14-20-34(3)4/h11-12,19-22,27-30H,13-18,23-26,31-32H2,1-10H3/b12-11?,35-21?,36-22?,37-27+,38-28+,39-29+,40-30+. The lowest BCUT2D eigenvalue weighted by atomic mass is 10.0. The Balaban J connectivity index is 4.27. The summed E-state index contributed by atoms with van der Waals surface area (Å²) >= 11 is 0. The molecule has 0 aliphatic carbocycles. The first-order valence-corrected chi connectivity index (χ1v) is 15.9. The third-order valence-electron chi connectivity index (χ3n) is 7.18. The summed E-state index contributed by atoms with van der Waals surface area (Å²) in [5.74, 6) is 0. The maximum Gasteiger partial charge on any atom is -0.0285 e. The lowest BCUT2D eigenvalue weighted by Gasteiger charge is -2.02. The highest BCUT2D eigenvalue weighted by atomic mass is 14.0. The zero-order valence-corrected chi connectivity index (χ0v) is 28.3. The Bertz CT molecular complexity index is 887. The summed E-state index contributed by atoms with van der Waals surface area (Å²) in [6.45, 7) is 22.3. The van der Waals surface area contributed by atoms with Crippen LogP contribution in [0.3, 0.4) is 0 Å². The van der Waals surface area contributed by atoms with Crippen LogP contribution in [0.25, 0.3) is 0 Å². The molecule has 0 aromatic carbocycles.